The van der Waals surface area contributed by atoms with Gasteiger partial charge in [0.05, 0.1) is 12.5 Å². The highest BCUT2D eigenvalue weighted by Gasteiger charge is 2.27. The minimum absolute atomic E-state index is 0.202. The standard InChI is InChI=1S/C10H21NO3/c1-10(2,9(13)14-3)8-11-6-4-5-7-12/h11-12H,4-8H2,1-3H3. The topological polar surface area (TPSA) is 58.6 Å². The third kappa shape index (κ3) is 5.19. The van der Waals surface area contributed by atoms with E-state index in [2.05, 4.69) is 10.1 Å². The van der Waals surface area contributed by atoms with Crippen molar-refractivity contribution in [1.29, 1.82) is 0 Å². The summed E-state index contributed by atoms with van der Waals surface area (Å²) in [7, 11) is 1.40. The summed E-state index contributed by atoms with van der Waals surface area (Å²) in [5.74, 6) is -0.202. The Hall–Kier alpha value is -0.610. The second-order valence-electron chi connectivity index (χ2n) is 3.98. The van der Waals surface area contributed by atoms with Crippen molar-refractivity contribution < 1.29 is 14.6 Å². The molecule has 0 amide bonds. The molecule has 0 aliphatic carbocycles. The van der Waals surface area contributed by atoms with Crippen molar-refractivity contribution in [3.8, 4) is 0 Å². The van der Waals surface area contributed by atoms with Gasteiger partial charge in [-0.05, 0) is 33.2 Å². The van der Waals surface area contributed by atoms with Gasteiger partial charge in [0.1, 0.15) is 0 Å². The van der Waals surface area contributed by atoms with Gasteiger partial charge in [-0.2, -0.15) is 0 Å². The molecule has 4 nitrogen and oxygen atoms in total. The Balaban J connectivity index is 3.60. The number of ether oxygens (including phenoxy) is 1. The van der Waals surface area contributed by atoms with Crippen LogP contribution in [-0.2, 0) is 9.53 Å². The Morgan fingerprint density at radius 3 is 2.57 bits per heavy atom. The molecule has 2 N–H and O–H groups in total. The van der Waals surface area contributed by atoms with E-state index in [4.69, 9.17) is 5.11 Å². The second-order valence-corrected chi connectivity index (χ2v) is 3.98. The first kappa shape index (κ1) is 13.4. The molecule has 0 spiro atoms. The van der Waals surface area contributed by atoms with Crippen LogP contribution in [0.2, 0.25) is 0 Å². The predicted octanol–water partition coefficient (Wildman–Crippen LogP) is 0.548. The van der Waals surface area contributed by atoms with E-state index in [1.807, 2.05) is 13.8 Å². The first-order valence-corrected chi connectivity index (χ1v) is 4.94. The van der Waals surface area contributed by atoms with Gasteiger partial charge >= 0.3 is 5.97 Å². The summed E-state index contributed by atoms with van der Waals surface area (Å²) in [6.45, 7) is 5.34. The quantitative estimate of drug-likeness (QED) is 0.468. The van der Waals surface area contributed by atoms with Crippen molar-refractivity contribution in [1.82, 2.24) is 5.32 Å². The van der Waals surface area contributed by atoms with E-state index in [1.165, 1.54) is 7.11 Å². The predicted molar refractivity (Wildman–Crippen MR) is 55.0 cm³/mol. The van der Waals surface area contributed by atoms with Gasteiger partial charge in [0.15, 0.2) is 0 Å². The van der Waals surface area contributed by atoms with Crippen molar-refractivity contribution in [2.24, 2.45) is 5.41 Å². The van der Waals surface area contributed by atoms with Crippen LogP contribution in [-0.4, -0.2) is 37.9 Å². The molecule has 0 aromatic carbocycles. The van der Waals surface area contributed by atoms with Crippen LogP contribution in [0.4, 0.5) is 0 Å². The molecule has 84 valence electrons. The normalized spacial score (nSPS) is 11.4. The Morgan fingerprint density at radius 1 is 1.43 bits per heavy atom. The Labute approximate surface area is 85.6 Å². The summed E-state index contributed by atoms with van der Waals surface area (Å²) >= 11 is 0. The Morgan fingerprint density at radius 2 is 2.07 bits per heavy atom. The molecular weight excluding hydrogens is 182 g/mol. The number of hydrogen-bond donors (Lipinski definition) is 2. The molecule has 0 saturated carbocycles. The lowest BCUT2D eigenvalue weighted by Crippen LogP contribution is -2.37. The first-order chi connectivity index (χ1) is 6.54. The molecule has 0 fully saturated rings. The molecule has 0 heterocycles. The highest BCUT2D eigenvalue weighted by atomic mass is 16.5. The fourth-order valence-electron chi connectivity index (χ4n) is 1.11. The van der Waals surface area contributed by atoms with Crippen molar-refractivity contribution >= 4 is 5.97 Å². The SMILES string of the molecule is COC(=O)C(C)(C)CNCCCCO. The molecule has 0 saturated heterocycles. The molecular formula is C10H21NO3. The molecule has 14 heavy (non-hydrogen) atoms. The Bertz CT molecular complexity index is 169. The lowest BCUT2D eigenvalue weighted by molar-refractivity contribution is -0.150. The molecule has 0 aromatic rings. The minimum Gasteiger partial charge on any atom is -0.469 e. The lowest BCUT2D eigenvalue weighted by Gasteiger charge is -2.21. The largest absolute Gasteiger partial charge is 0.469 e. The van der Waals surface area contributed by atoms with Gasteiger partial charge in [-0.25, -0.2) is 0 Å². The van der Waals surface area contributed by atoms with E-state index in [9.17, 15) is 4.79 Å². The summed E-state index contributed by atoms with van der Waals surface area (Å²) in [4.78, 5) is 11.3. The van der Waals surface area contributed by atoms with E-state index in [1.54, 1.807) is 0 Å². The Kier molecular flexibility index (Phi) is 6.49. The maximum Gasteiger partial charge on any atom is 0.312 e. The van der Waals surface area contributed by atoms with E-state index in [0.717, 1.165) is 19.4 Å². The maximum atomic E-state index is 11.3. The summed E-state index contributed by atoms with van der Waals surface area (Å²) in [6, 6.07) is 0. The number of esters is 1. The molecule has 0 atom stereocenters. The minimum atomic E-state index is -0.478. The summed E-state index contributed by atoms with van der Waals surface area (Å²) < 4.78 is 4.67. The van der Waals surface area contributed by atoms with Crippen LogP contribution < -0.4 is 5.32 Å². The zero-order valence-electron chi connectivity index (χ0n) is 9.30. The van der Waals surface area contributed by atoms with E-state index in [0.29, 0.717) is 6.54 Å². The van der Waals surface area contributed by atoms with Crippen molar-refractivity contribution in [3.63, 3.8) is 0 Å². The van der Waals surface area contributed by atoms with Gasteiger partial charge in [-0.3, -0.25) is 4.79 Å². The zero-order valence-corrected chi connectivity index (χ0v) is 9.30. The van der Waals surface area contributed by atoms with Crippen LogP contribution in [0.25, 0.3) is 0 Å². The van der Waals surface area contributed by atoms with Crippen LogP contribution in [0.15, 0.2) is 0 Å². The number of carbonyl (C=O) groups is 1. The summed E-state index contributed by atoms with van der Waals surface area (Å²) in [6.07, 6.45) is 1.72. The maximum absolute atomic E-state index is 11.3. The highest BCUT2D eigenvalue weighted by molar-refractivity contribution is 5.75. The van der Waals surface area contributed by atoms with Crippen LogP contribution in [0, 0.1) is 5.41 Å². The molecule has 0 bridgehead atoms. The van der Waals surface area contributed by atoms with E-state index < -0.39 is 5.41 Å². The van der Waals surface area contributed by atoms with Crippen LogP contribution in [0.3, 0.4) is 0 Å². The molecule has 0 rings (SSSR count). The fraction of sp³-hybridized carbons (Fsp3) is 0.900. The van der Waals surface area contributed by atoms with Gasteiger partial charge in [0, 0.05) is 13.2 Å². The number of aliphatic hydroxyl groups is 1. The van der Waals surface area contributed by atoms with E-state index >= 15 is 0 Å². The molecule has 0 radical (unpaired) electrons. The van der Waals surface area contributed by atoms with E-state index in [-0.39, 0.29) is 12.6 Å². The molecule has 0 aliphatic heterocycles. The monoisotopic (exact) mass is 203 g/mol. The summed E-state index contributed by atoms with van der Waals surface area (Å²) in [5.41, 5.74) is -0.478. The first-order valence-electron chi connectivity index (χ1n) is 4.94. The lowest BCUT2D eigenvalue weighted by atomic mass is 9.94. The number of rotatable bonds is 7. The average Bonchev–Trinajstić information content (AvgIpc) is 2.16. The third-order valence-corrected chi connectivity index (χ3v) is 2.07. The third-order valence-electron chi connectivity index (χ3n) is 2.07. The number of aliphatic hydroxyl groups excluding tert-OH is 1. The number of methoxy groups -OCH3 is 1. The van der Waals surface area contributed by atoms with Gasteiger partial charge < -0.3 is 15.2 Å². The molecule has 4 heteroatoms. The average molecular weight is 203 g/mol. The number of unbranched alkanes of at least 4 members (excludes halogenated alkanes) is 1. The van der Waals surface area contributed by atoms with Crippen molar-refractivity contribution in [2.45, 2.75) is 26.7 Å². The van der Waals surface area contributed by atoms with Crippen LogP contribution >= 0.6 is 0 Å². The number of carbonyl (C=O) groups excluding carboxylic acids is 1. The molecule has 0 unspecified atom stereocenters. The number of nitrogens with one attached hydrogen (secondary N) is 1. The zero-order chi connectivity index (χ0) is 11.0. The fourth-order valence-corrected chi connectivity index (χ4v) is 1.11. The van der Waals surface area contributed by atoms with Gasteiger partial charge in [0.25, 0.3) is 0 Å². The molecule has 0 aromatic heterocycles. The van der Waals surface area contributed by atoms with Crippen molar-refractivity contribution in [2.75, 3.05) is 26.8 Å². The highest BCUT2D eigenvalue weighted by Crippen LogP contribution is 2.15. The van der Waals surface area contributed by atoms with Gasteiger partial charge in [-0.15, -0.1) is 0 Å². The van der Waals surface area contributed by atoms with Gasteiger partial charge in [0.2, 0.25) is 0 Å². The van der Waals surface area contributed by atoms with Crippen molar-refractivity contribution in [3.05, 3.63) is 0 Å². The van der Waals surface area contributed by atoms with Crippen LogP contribution in [0.5, 0.6) is 0 Å². The summed E-state index contributed by atoms with van der Waals surface area (Å²) in [5, 5.41) is 11.7. The number of hydrogen-bond acceptors (Lipinski definition) is 4. The van der Waals surface area contributed by atoms with Crippen LogP contribution in [0.1, 0.15) is 26.7 Å². The smallest absolute Gasteiger partial charge is 0.312 e. The second kappa shape index (κ2) is 6.79. The van der Waals surface area contributed by atoms with Gasteiger partial charge in [-0.1, -0.05) is 0 Å². The molecule has 0 aliphatic rings.